The summed E-state index contributed by atoms with van der Waals surface area (Å²) in [6.07, 6.45) is 2.35. The fourth-order valence-corrected chi connectivity index (χ4v) is 5.86. The lowest BCUT2D eigenvalue weighted by Crippen LogP contribution is -2.49. The van der Waals surface area contributed by atoms with Crippen LogP contribution in [0.5, 0.6) is 0 Å². The summed E-state index contributed by atoms with van der Waals surface area (Å²) in [4.78, 5) is 24.8. The van der Waals surface area contributed by atoms with Gasteiger partial charge in [-0.15, -0.1) is 0 Å². The Bertz CT molecular complexity index is 902. The van der Waals surface area contributed by atoms with Crippen LogP contribution in [0.15, 0.2) is 18.2 Å². The molecule has 1 amide bonds. The lowest BCUT2D eigenvalue weighted by Gasteiger charge is -2.40. The summed E-state index contributed by atoms with van der Waals surface area (Å²) in [6.45, 7) is 10.9. The smallest absolute Gasteiger partial charge is 0.251 e. The van der Waals surface area contributed by atoms with Gasteiger partial charge in [0, 0.05) is 64.0 Å². The van der Waals surface area contributed by atoms with Crippen molar-refractivity contribution < 1.29 is 14.3 Å². The molecule has 0 saturated carbocycles. The molecule has 174 valence electrons. The minimum Gasteiger partial charge on any atom is -0.379 e. The van der Waals surface area contributed by atoms with Crippen molar-refractivity contribution in [1.82, 2.24) is 20.1 Å². The van der Waals surface area contributed by atoms with Gasteiger partial charge in [-0.3, -0.25) is 14.6 Å². The van der Waals surface area contributed by atoms with E-state index in [4.69, 9.17) is 14.5 Å². The molecule has 3 aliphatic heterocycles. The molecule has 0 bridgehead atoms. The zero-order valence-electron chi connectivity index (χ0n) is 18.6. The number of thiazole rings is 1. The fourth-order valence-electron chi connectivity index (χ4n) is 4.81. The Morgan fingerprint density at radius 1 is 1.03 bits per heavy atom. The topological polar surface area (TPSA) is 70.2 Å². The van der Waals surface area contributed by atoms with Gasteiger partial charge in [-0.2, -0.15) is 0 Å². The minimum absolute atomic E-state index is 0.0126. The zero-order valence-corrected chi connectivity index (χ0v) is 19.4. The highest BCUT2D eigenvalue weighted by Gasteiger charge is 2.27. The molecule has 1 N–H and O–H groups in total. The van der Waals surface area contributed by atoms with E-state index in [-0.39, 0.29) is 5.91 Å². The molecule has 0 unspecified atom stereocenters. The Balaban J connectivity index is 1.15. The molecule has 0 radical (unpaired) electrons. The molecule has 4 heterocycles. The number of hydrogen-bond donors (Lipinski definition) is 1. The number of ether oxygens (including phenoxy) is 2. The second-order valence-corrected chi connectivity index (χ2v) is 9.76. The van der Waals surface area contributed by atoms with Crippen molar-refractivity contribution in [3.8, 4) is 0 Å². The van der Waals surface area contributed by atoms with Gasteiger partial charge in [0.1, 0.15) is 0 Å². The standard InChI is InChI=1S/C23H33N5O3S/c29-22(24-5-8-26-9-13-30-14-10-26)18-1-2-20-21(17-18)32-23(25-20)28-6-3-19(4-7-28)27-11-15-31-16-12-27/h1-2,17,19H,3-16H2,(H,24,29). The number of aromatic nitrogens is 1. The van der Waals surface area contributed by atoms with E-state index in [1.54, 1.807) is 11.3 Å². The molecule has 2 aromatic rings. The number of anilines is 1. The molecule has 3 aliphatic rings. The Kier molecular flexibility index (Phi) is 7.19. The predicted octanol–water partition coefficient (Wildman–Crippen LogP) is 1.66. The third kappa shape index (κ3) is 5.23. The van der Waals surface area contributed by atoms with Crippen LogP contribution < -0.4 is 10.2 Å². The predicted molar refractivity (Wildman–Crippen MR) is 127 cm³/mol. The van der Waals surface area contributed by atoms with E-state index in [2.05, 4.69) is 20.0 Å². The first-order valence-corrected chi connectivity index (χ1v) is 12.6. The summed E-state index contributed by atoms with van der Waals surface area (Å²) < 4.78 is 11.9. The van der Waals surface area contributed by atoms with E-state index in [1.807, 2.05) is 18.2 Å². The second-order valence-electron chi connectivity index (χ2n) is 8.76. The number of benzene rings is 1. The molecule has 3 saturated heterocycles. The molecule has 1 aromatic heterocycles. The number of carbonyl (C=O) groups is 1. The van der Waals surface area contributed by atoms with Gasteiger partial charge in [0.15, 0.2) is 5.13 Å². The van der Waals surface area contributed by atoms with E-state index in [9.17, 15) is 4.79 Å². The molecule has 8 nitrogen and oxygen atoms in total. The number of rotatable bonds is 6. The van der Waals surface area contributed by atoms with Crippen molar-refractivity contribution in [2.75, 3.05) is 83.7 Å². The van der Waals surface area contributed by atoms with Gasteiger partial charge in [0.25, 0.3) is 5.91 Å². The lowest BCUT2D eigenvalue weighted by molar-refractivity contribution is 0.0115. The lowest BCUT2D eigenvalue weighted by atomic mass is 10.0. The fraction of sp³-hybridized carbons (Fsp3) is 0.652. The molecule has 32 heavy (non-hydrogen) atoms. The largest absolute Gasteiger partial charge is 0.379 e. The van der Waals surface area contributed by atoms with Gasteiger partial charge in [0.05, 0.1) is 36.6 Å². The normalized spacial score (nSPS) is 21.8. The van der Waals surface area contributed by atoms with Gasteiger partial charge >= 0.3 is 0 Å². The van der Waals surface area contributed by atoms with Crippen LogP contribution in [0.3, 0.4) is 0 Å². The summed E-state index contributed by atoms with van der Waals surface area (Å²) in [5.74, 6) is -0.0126. The van der Waals surface area contributed by atoms with Crippen LogP contribution in [0.1, 0.15) is 23.2 Å². The van der Waals surface area contributed by atoms with Crippen LogP contribution in [-0.2, 0) is 9.47 Å². The van der Waals surface area contributed by atoms with E-state index < -0.39 is 0 Å². The highest BCUT2D eigenvalue weighted by atomic mass is 32.1. The van der Waals surface area contributed by atoms with Crippen molar-refractivity contribution in [3.63, 3.8) is 0 Å². The molecule has 1 aromatic carbocycles. The maximum Gasteiger partial charge on any atom is 0.251 e. The molecular formula is C23H33N5O3S. The van der Waals surface area contributed by atoms with Gasteiger partial charge in [-0.05, 0) is 31.0 Å². The van der Waals surface area contributed by atoms with Gasteiger partial charge in [-0.25, -0.2) is 4.98 Å². The van der Waals surface area contributed by atoms with Crippen LogP contribution in [0.4, 0.5) is 5.13 Å². The Morgan fingerprint density at radius 2 is 1.75 bits per heavy atom. The summed E-state index contributed by atoms with van der Waals surface area (Å²) in [5, 5.41) is 4.13. The van der Waals surface area contributed by atoms with Crippen LogP contribution in [0.2, 0.25) is 0 Å². The Labute approximate surface area is 193 Å². The molecule has 3 fully saturated rings. The summed E-state index contributed by atoms with van der Waals surface area (Å²) in [6, 6.07) is 6.52. The van der Waals surface area contributed by atoms with Crippen molar-refractivity contribution in [2.24, 2.45) is 0 Å². The number of piperidine rings is 1. The Hall–Kier alpha value is -1.78. The zero-order chi connectivity index (χ0) is 21.8. The van der Waals surface area contributed by atoms with E-state index in [0.717, 1.165) is 87.6 Å². The average molecular weight is 460 g/mol. The van der Waals surface area contributed by atoms with Gasteiger partial charge in [-0.1, -0.05) is 11.3 Å². The average Bonchev–Trinajstić information content (AvgIpc) is 3.29. The first-order valence-electron chi connectivity index (χ1n) is 11.8. The number of fused-ring (bicyclic) bond motifs is 1. The van der Waals surface area contributed by atoms with Crippen molar-refractivity contribution in [3.05, 3.63) is 23.8 Å². The number of nitrogens with one attached hydrogen (secondary N) is 1. The summed E-state index contributed by atoms with van der Waals surface area (Å²) in [5.41, 5.74) is 1.69. The SMILES string of the molecule is O=C(NCCN1CCOCC1)c1ccc2nc(N3CCC(N4CCOCC4)CC3)sc2c1. The Morgan fingerprint density at radius 3 is 2.50 bits per heavy atom. The number of amides is 1. The molecular weight excluding hydrogens is 426 g/mol. The molecule has 0 spiro atoms. The number of nitrogens with zero attached hydrogens (tertiary/aromatic N) is 4. The van der Waals surface area contributed by atoms with Crippen LogP contribution in [-0.4, -0.2) is 106 Å². The van der Waals surface area contributed by atoms with Crippen molar-refractivity contribution >= 4 is 32.6 Å². The highest BCUT2D eigenvalue weighted by Crippen LogP contribution is 2.32. The van der Waals surface area contributed by atoms with Crippen LogP contribution in [0.25, 0.3) is 10.2 Å². The third-order valence-corrected chi connectivity index (χ3v) is 7.83. The van der Waals surface area contributed by atoms with E-state index >= 15 is 0 Å². The molecule has 0 aliphatic carbocycles. The summed E-state index contributed by atoms with van der Waals surface area (Å²) in [7, 11) is 0. The number of morpholine rings is 2. The highest BCUT2D eigenvalue weighted by molar-refractivity contribution is 7.22. The minimum atomic E-state index is -0.0126. The van der Waals surface area contributed by atoms with Gasteiger partial charge < -0.3 is 19.7 Å². The second kappa shape index (κ2) is 10.4. The molecule has 5 rings (SSSR count). The summed E-state index contributed by atoms with van der Waals surface area (Å²) >= 11 is 1.70. The third-order valence-electron chi connectivity index (χ3n) is 6.75. The maximum absolute atomic E-state index is 12.6. The van der Waals surface area contributed by atoms with Crippen molar-refractivity contribution in [1.29, 1.82) is 0 Å². The van der Waals surface area contributed by atoms with Crippen LogP contribution in [0, 0.1) is 0 Å². The van der Waals surface area contributed by atoms with Crippen molar-refractivity contribution in [2.45, 2.75) is 18.9 Å². The first kappa shape index (κ1) is 22.0. The first-order chi connectivity index (χ1) is 15.8. The molecule has 9 heteroatoms. The van der Waals surface area contributed by atoms with Gasteiger partial charge in [0.2, 0.25) is 0 Å². The molecule has 0 atom stereocenters. The maximum atomic E-state index is 12.6. The quantitative estimate of drug-likeness (QED) is 0.705. The van der Waals surface area contributed by atoms with E-state index in [0.29, 0.717) is 18.2 Å². The van der Waals surface area contributed by atoms with E-state index in [1.165, 1.54) is 12.8 Å². The number of hydrogen-bond acceptors (Lipinski definition) is 8. The van der Waals surface area contributed by atoms with Crippen LogP contribution >= 0.6 is 11.3 Å². The monoisotopic (exact) mass is 459 g/mol. The number of carbonyl (C=O) groups excluding carboxylic acids is 1.